The van der Waals surface area contributed by atoms with Gasteiger partial charge in [-0.15, -0.1) is 0 Å². The van der Waals surface area contributed by atoms with Crippen LogP contribution in [-0.2, 0) is 9.59 Å². The molecule has 5 nitrogen and oxygen atoms in total. The second kappa shape index (κ2) is 9.15. The number of aliphatic hydroxyl groups excluding tert-OH is 1. The third kappa shape index (κ3) is 11.0. The van der Waals surface area contributed by atoms with Gasteiger partial charge in [0.15, 0.2) is 0 Å². The summed E-state index contributed by atoms with van der Waals surface area (Å²) in [6.45, 7) is 0. The van der Waals surface area contributed by atoms with Crippen LogP contribution in [0.2, 0.25) is 0 Å². The highest BCUT2D eigenvalue weighted by Crippen LogP contribution is 2.10. The first-order valence-corrected chi connectivity index (χ1v) is 5.64. The van der Waals surface area contributed by atoms with Crippen molar-refractivity contribution in [3.05, 3.63) is 0 Å². The second-order valence-electron chi connectivity index (χ2n) is 3.93. The summed E-state index contributed by atoms with van der Waals surface area (Å²) in [6, 6.07) is 0. The molecule has 0 amide bonds. The van der Waals surface area contributed by atoms with E-state index >= 15 is 0 Å². The molecule has 0 saturated carbocycles. The molecule has 16 heavy (non-hydrogen) atoms. The van der Waals surface area contributed by atoms with E-state index in [0.29, 0.717) is 38.5 Å². The fraction of sp³-hybridized carbons (Fsp3) is 0.818. The van der Waals surface area contributed by atoms with Gasteiger partial charge in [-0.3, -0.25) is 9.59 Å². The molecule has 0 bridgehead atoms. The Bertz CT molecular complexity index is 192. The van der Waals surface area contributed by atoms with Gasteiger partial charge >= 0.3 is 11.9 Å². The molecule has 0 saturated heterocycles. The van der Waals surface area contributed by atoms with Crippen LogP contribution in [0.15, 0.2) is 0 Å². The summed E-state index contributed by atoms with van der Waals surface area (Å²) in [5.41, 5.74) is 0. The van der Waals surface area contributed by atoms with E-state index in [1.807, 2.05) is 0 Å². The fourth-order valence-electron chi connectivity index (χ4n) is 1.46. The number of aliphatic carboxylic acids is 2. The lowest BCUT2D eigenvalue weighted by molar-refractivity contribution is -0.138. The van der Waals surface area contributed by atoms with Crippen molar-refractivity contribution >= 4 is 11.9 Å². The van der Waals surface area contributed by atoms with Gasteiger partial charge in [0.1, 0.15) is 0 Å². The number of rotatable bonds is 10. The van der Waals surface area contributed by atoms with Crippen LogP contribution in [0.3, 0.4) is 0 Å². The lowest BCUT2D eigenvalue weighted by Gasteiger charge is -2.09. The van der Waals surface area contributed by atoms with Gasteiger partial charge in [-0.2, -0.15) is 0 Å². The molecule has 0 aromatic carbocycles. The van der Waals surface area contributed by atoms with Crippen LogP contribution in [0.4, 0.5) is 0 Å². The van der Waals surface area contributed by atoms with Gasteiger partial charge in [-0.05, 0) is 25.7 Å². The number of hydrogen-bond acceptors (Lipinski definition) is 3. The molecule has 5 heteroatoms. The highest BCUT2D eigenvalue weighted by atomic mass is 16.4. The standard InChI is InChI=1S/C11H20O5/c12-9(5-1-3-7-10(13)14)6-2-4-8-11(15)16/h9,12H,1-8H2,(H,13,14)(H,15,16). The lowest BCUT2D eigenvalue weighted by Crippen LogP contribution is -2.07. The molecule has 0 aliphatic heterocycles. The first-order chi connectivity index (χ1) is 7.52. The molecule has 0 spiro atoms. The van der Waals surface area contributed by atoms with Crippen LogP contribution in [0.25, 0.3) is 0 Å². The molecule has 0 rings (SSSR count). The van der Waals surface area contributed by atoms with E-state index in [1.54, 1.807) is 0 Å². The number of unbranched alkanes of at least 4 members (excludes halogenated alkanes) is 2. The third-order valence-corrected chi connectivity index (χ3v) is 2.36. The minimum Gasteiger partial charge on any atom is -0.481 e. The summed E-state index contributed by atoms with van der Waals surface area (Å²) in [4.78, 5) is 20.4. The predicted octanol–water partition coefficient (Wildman–Crippen LogP) is 1.64. The van der Waals surface area contributed by atoms with Crippen LogP contribution in [0.5, 0.6) is 0 Å². The molecule has 0 heterocycles. The van der Waals surface area contributed by atoms with E-state index in [-0.39, 0.29) is 12.8 Å². The smallest absolute Gasteiger partial charge is 0.303 e. The molecular formula is C11H20O5. The van der Waals surface area contributed by atoms with Crippen molar-refractivity contribution in [1.82, 2.24) is 0 Å². The average Bonchev–Trinajstić information content (AvgIpc) is 2.19. The molecule has 0 aliphatic rings. The Labute approximate surface area is 95.1 Å². The van der Waals surface area contributed by atoms with Gasteiger partial charge in [0.05, 0.1) is 6.10 Å². The van der Waals surface area contributed by atoms with Crippen LogP contribution in [0, 0.1) is 0 Å². The van der Waals surface area contributed by atoms with Crippen molar-refractivity contribution < 1.29 is 24.9 Å². The van der Waals surface area contributed by atoms with Gasteiger partial charge < -0.3 is 15.3 Å². The SMILES string of the molecule is O=C(O)CCCCC(O)CCCCC(=O)O. The number of carboxylic acids is 2. The van der Waals surface area contributed by atoms with Crippen LogP contribution >= 0.6 is 0 Å². The Morgan fingerprint density at radius 2 is 1.19 bits per heavy atom. The second-order valence-corrected chi connectivity index (χ2v) is 3.93. The van der Waals surface area contributed by atoms with Crippen molar-refractivity contribution in [3.63, 3.8) is 0 Å². The van der Waals surface area contributed by atoms with Gasteiger partial charge in [0, 0.05) is 12.8 Å². The molecule has 0 aromatic rings. The van der Waals surface area contributed by atoms with E-state index in [1.165, 1.54) is 0 Å². The Morgan fingerprint density at radius 1 is 0.812 bits per heavy atom. The number of carbonyl (C=O) groups is 2. The average molecular weight is 232 g/mol. The largest absolute Gasteiger partial charge is 0.481 e. The summed E-state index contributed by atoms with van der Waals surface area (Å²) >= 11 is 0. The monoisotopic (exact) mass is 232 g/mol. The van der Waals surface area contributed by atoms with Crippen molar-refractivity contribution in [2.24, 2.45) is 0 Å². The zero-order valence-electron chi connectivity index (χ0n) is 9.39. The minimum absolute atomic E-state index is 0.145. The van der Waals surface area contributed by atoms with Gasteiger partial charge in [-0.25, -0.2) is 0 Å². The van der Waals surface area contributed by atoms with Crippen LogP contribution < -0.4 is 0 Å². The molecule has 0 fully saturated rings. The van der Waals surface area contributed by atoms with E-state index in [9.17, 15) is 14.7 Å². The van der Waals surface area contributed by atoms with E-state index in [4.69, 9.17) is 10.2 Å². The maximum atomic E-state index is 10.2. The zero-order valence-corrected chi connectivity index (χ0v) is 9.39. The van der Waals surface area contributed by atoms with E-state index in [2.05, 4.69) is 0 Å². The summed E-state index contributed by atoms with van der Waals surface area (Å²) in [5.74, 6) is -1.62. The molecule has 3 N–H and O–H groups in total. The lowest BCUT2D eigenvalue weighted by atomic mass is 10.0. The minimum atomic E-state index is -0.809. The molecule has 0 aromatic heterocycles. The summed E-state index contributed by atoms with van der Waals surface area (Å²) < 4.78 is 0. The number of aliphatic hydroxyl groups is 1. The van der Waals surface area contributed by atoms with Crippen molar-refractivity contribution in [2.75, 3.05) is 0 Å². The van der Waals surface area contributed by atoms with E-state index in [0.717, 1.165) is 0 Å². The Balaban J connectivity index is 3.27. The Morgan fingerprint density at radius 3 is 1.50 bits per heavy atom. The van der Waals surface area contributed by atoms with Crippen LogP contribution in [0.1, 0.15) is 51.4 Å². The maximum absolute atomic E-state index is 10.2. The van der Waals surface area contributed by atoms with Crippen molar-refractivity contribution in [3.8, 4) is 0 Å². The summed E-state index contributed by atoms with van der Waals surface area (Å²) in [6.07, 6.45) is 3.63. The normalized spacial score (nSPS) is 10.6. The first kappa shape index (κ1) is 14.9. The summed E-state index contributed by atoms with van der Waals surface area (Å²) in [7, 11) is 0. The molecule has 0 unspecified atom stereocenters. The van der Waals surface area contributed by atoms with Gasteiger partial charge in [0.2, 0.25) is 0 Å². The fourth-order valence-corrected chi connectivity index (χ4v) is 1.46. The summed E-state index contributed by atoms with van der Waals surface area (Å²) in [5, 5.41) is 26.3. The maximum Gasteiger partial charge on any atom is 0.303 e. The molecule has 0 radical (unpaired) electrons. The highest BCUT2D eigenvalue weighted by molar-refractivity contribution is 5.66. The number of hydrogen-bond donors (Lipinski definition) is 3. The predicted molar refractivity (Wildman–Crippen MR) is 58.2 cm³/mol. The zero-order chi connectivity index (χ0) is 12.4. The van der Waals surface area contributed by atoms with Crippen LogP contribution in [-0.4, -0.2) is 33.4 Å². The topological polar surface area (TPSA) is 94.8 Å². The van der Waals surface area contributed by atoms with Crippen molar-refractivity contribution in [2.45, 2.75) is 57.5 Å². The Hall–Kier alpha value is -1.10. The number of carboxylic acid groups (broad SMARTS) is 2. The molecule has 94 valence electrons. The van der Waals surface area contributed by atoms with Crippen molar-refractivity contribution in [1.29, 1.82) is 0 Å². The van der Waals surface area contributed by atoms with Gasteiger partial charge in [0.25, 0.3) is 0 Å². The van der Waals surface area contributed by atoms with Gasteiger partial charge in [-0.1, -0.05) is 12.8 Å². The van der Waals surface area contributed by atoms with E-state index < -0.39 is 18.0 Å². The quantitative estimate of drug-likeness (QED) is 0.498. The highest BCUT2D eigenvalue weighted by Gasteiger charge is 2.05. The molecular weight excluding hydrogens is 212 g/mol. The molecule has 0 atom stereocenters. The molecule has 0 aliphatic carbocycles. The third-order valence-electron chi connectivity index (χ3n) is 2.36. The Kier molecular flexibility index (Phi) is 8.52. The first-order valence-electron chi connectivity index (χ1n) is 5.64.